The topological polar surface area (TPSA) is 358 Å². The van der Waals surface area contributed by atoms with Crippen LogP contribution in [0.4, 0.5) is 15.3 Å². The average molecular weight is 1380 g/mol. The second kappa shape index (κ2) is 42.5. The summed E-state index contributed by atoms with van der Waals surface area (Å²) in [6, 6.07) is 2.51. The number of ether oxygens (including phenoxy) is 3. The molecule has 544 valence electrons. The van der Waals surface area contributed by atoms with Gasteiger partial charge in [-0.05, 0) is 114 Å². The third-order valence-corrected chi connectivity index (χ3v) is 18.5. The molecule has 2 heterocycles. The van der Waals surface area contributed by atoms with E-state index in [0.717, 1.165) is 28.3 Å². The number of likely N-dealkylation sites (tertiary alicyclic amines) is 1. The summed E-state index contributed by atoms with van der Waals surface area (Å²) in [5.74, 6) is -4.21. The number of allylic oxidation sites excluding steroid dienone is 5. The molecule has 0 saturated carbocycles. The van der Waals surface area contributed by atoms with Gasteiger partial charge in [-0.3, -0.25) is 44.3 Å². The van der Waals surface area contributed by atoms with Crippen molar-refractivity contribution in [3.05, 3.63) is 94.4 Å². The number of carbonyl (C=O) groups is 8. The number of aliphatic hydroxyl groups is 3. The molecule has 27 heteroatoms. The monoisotopic (exact) mass is 1380 g/mol. The quantitative estimate of drug-likeness (QED) is 0.00987. The standard InChI is InChI=1S/C70H114N12O14S/c1-17-20-22-27-49(19-3)40-53(65-72-36-39-97-65)76-62(87)46(9)61(95-16)54-29-26-38-82(54)57(86)41-55(94-15)60(45(8)18-2)80(14)66(90)59(44(6)7)78-67(91)70(12,13)79-69(93)96-42-50-31-33-51(34-32-50)74-63(88)52(28-25-35-73-68(71)92)75-64(89)58(43(4)5)77-56(85)30-23-21-24-37-81(47(10)83)48(11)84/h17,19,22,27,31-34,36,39,43-46,53-56,58-62,74,76-77,85,87-88H,1,18,20-21,23-26,28-30,35,37-38,40-42H2,2-16H3,(H,75,89)(H,78,91)(H,79,93)(H3,71,73,92)/b27-22-,49-19+,63-52-/t45-,46+,53-,54-,55+,56?,58-,59-,60-,61+,62?/m0/s1. The van der Waals surface area contributed by atoms with E-state index in [2.05, 4.69) is 54.9 Å². The number of urea groups is 1. The molecule has 0 bridgehead atoms. The van der Waals surface area contributed by atoms with Gasteiger partial charge in [-0.25, -0.2) is 14.6 Å². The fourth-order valence-corrected chi connectivity index (χ4v) is 12.5. The Balaban J connectivity index is 1.69. The van der Waals surface area contributed by atoms with Gasteiger partial charge in [0, 0.05) is 77.9 Å². The molecule has 0 radical (unpaired) electrons. The van der Waals surface area contributed by atoms with Crippen molar-refractivity contribution in [3.63, 3.8) is 0 Å². The molecule has 2 aromatic rings. The number of alkyl carbamates (subject to hydrolysis) is 1. The van der Waals surface area contributed by atoms with Crippen LogP contribution >= 0.6 is 11.3 Å². The summed E-state index contributed by atoms with van der Waals surface area (Å²) >= 11 is 1.50. The zero-order chi connectivity index (χ0) is 72.7. The summed E-state index contributed by atoms with van der Waals surface area (Å²) in [7, 11) is 4.76. The van der Waals surface area contributed by atoms with Crippen molar-refractivity contribution >= 4 is 64.6 Å². The Bertz CT molecular complexity index is 2910. The van der Waals surface area contributed by atoms with E-state index in [-0.39, 0.29) is 92.7 Å². The predicted octanol–water partition coefficient (Wildman–Crippen LogP) is 7.92. The normalized spacial score (nSPS) is 17.0. The number of rotatable bonds is 43. The van der Waals surface area contributed by atoms with Crippen molar-refractivity contribution in [2.45, 2.75) is 227 Å². The first kappa shape index (κ1) is 84.0. The van der Waals surface area contributed by atoms with Crippen LogP contribution in [-0.4, -0.2) is 178 Å². The first-order valence-electron chi connectivity index (χ1n) is 33.8. The van der Waals surface area contributed by atoms with Crippen molar-refractivity contribution in [1.82, 2.24) is 51.6 Å². The highest BCUT2D eigenvalue weighted by Gasteiger charge is 2.44. The first-order valence-corrected chi connectivity index (χ1v) is 34.7. The van der Waals surface area contributed by atoms with Crippen molar-refractivity contribution in [3.8, 4) is 0 Å². The minimum atomic E-state index is -1.58. The molecule has 1 saturated heterocycles. The number of methoxy groups -OCH3 is 2. The molecule has 2 unspecified atom stereocenters. The minimum absolute atomic E-state index is 0.0583. The van der Waals surface area contributed by atoms with E-state index < -0.39 is 95.9 Å². The van der Waals surface area contributed by atoms with Gasteiger partial charge < -0.3 is 71.6 Å². The van der Waals surface area contributed by atoms with Crippen LogP contribution in [0.25, 0.3) is 0 Å². The van der Waals surface area contributed by atoms with Crippen LogP contribution in [0.1, 0.15) is 177 Å². The predicted molar refractivity (Wildman–Crippen MR) is 376 cm³/mol. The number of thiazole rings is 1. The van der Waals surface area contributed by atoms with E-state index in [9.17, 15) is 53.7 Å². The Morgan fingerprint density at radius 3 is 2.15 bits per heavy atom. The van der Waals surface area contributed by atoms with Crippen LogP contribution in [0.2, 0.25) is 0 Å². The summed E-state index contributed by atoms with van der Waals surface area (Å²) in [5, 5.41) is 56.8. The van der Waals surface area contributed by atoms with Gasteiger partial charge in [-0.1, -0.05) is 103 Å². The Morgan fingerprint density at radius 1 is 0.918 bits per heavy atom. The number of likely N-dealkylation sites (N-methyl/N-ethyl adjacent to an activating group) is 1. The molecule has 1 aliphatic heterocycles. The number of anilines is 1. The number of nitrogens with one attached hydrogen (secondary N) is 7. The fraction of sp³-hybridized carbons (Fsp3) is 0.643. The Labute approximate surface area is 578 Å². The van der Waals surface area contributed by atoms with Gasteiger partial charge in [0.25, 0.3) is 0 Å². The number of carbonyl (C=O) groups excluding carboxylic acids is 8. The number of unbranched alkanes of at least 4 members (excludes halogenated alkanes) is 2. The maximum Gasteiger partial charge on any atom is 0.408 e. The number of aromatic nitrogens is 1. The number of imide groups is 1. The lowest BCUT2D eigenvalue weighted by Crippen LogP contribution is -2.62. The Kier molecular flexibility index (Phi) is 36.8. The van der Waals surface area contributed by atoms with Crippen LogP contribution in [0.5, 0.6) is 0 Å². The van der Waals surface area contributed by atoms with Crippen LogP contribution in [-0.2, 0) is 49.6 Å². The van der Waals surface area contributed by atoms with Crippen molar-refractivity contribution in [2.75, 3.05) is 46.2 Å². The highest BCUT2D eigenvalue weighted by molar-refractivity contribution is 7.09. The molecular formula is C70H114N12O14S. The molecule has 0 aliphatic carbocycles. The maximum atomic E-state index is 14.8. The van der Waals surface area contributed by atoms with E-state index in [4.69, 9.17) is 19.9 Å². The summed E-state index contributed by atoms with van der Waals surface area (Å²) in [6.07, 6.45) is 11.0. The van der Waals surface area contributed by atoms with Crippen LogP contribution in [0, 0.1) is 23.7 Å². The van der Waals surface area contributed by atoms with Gasteiger partial charge in [0.15, 0.2) is 0 Å². The number of hydrogen-bond donors (Lipinski definition) is 11. The number of nitrogens with two attached hydrogens (primary N) is 1. The lowest BCUT2D eigenvalue weighted by Gasteiger charge is -2.41. The zero-order valence-corrected chi connectivity index (χ0v) is 60.7. The maximum absolute atomic E-state index is 14.8. The van der Waals surface area contributed by atoms with E-state index in [0.29, 0.717) is 56.3 Å². The SMILES string of the molecule is C=CC/C=C\C(=C/C)C[C@H](NC(O)[C@H](C)[C@@H](OC)[C@@H]1CCCN1C(=O)C[C@@H](OC)[C@H]([C@@H](C)CC)N(C)C(=O)[C@@H](NC(=O)C(C)(C)NC(=O)OCc1ccc(N/C(O)=C(\CCCNC(N)=O)NC(=O)[C@@H](NC(O)CCCCCN(C(C)=O)C(C)=O)C(C)C)cc1)C(C)C)c1nccs1. The van der Waals surface area contributed by atoms with Crippen molar-refractivity contribution in [2.24, 2.45) is 29.4 Å². The lowest BCUT2D eigenvalue weighted by atomic mass is 9.89. The number of nitrogens with zero attached hydrogens (tertiary/aromatic N) is 4. The van der Waals surface area contributed by atoms with Gasteiger partial charge in [-0.2, -0.15) is 0 Å². The van der Waals surface area contributed by atoms with E-state index >= 15 is 0 Å². The zero-order valence-electron chi connectivity index (χ0n) is 59.9. The van der Waals surface area contributed by atoms with Crippen LogP contribution < -0.4 is 43.0 Å². The summed E-state index contributed by atoms with van der Waals surface area (Å²) < 4.78 is 17.8. The third kappa shape index (κ3) is 27.5. The molecule has 0 spiro atoms. The highest BCUT2D eigenvalue weighted by atomic mass is 32.1. The Morgan fingerprint density at radius 2 is 1.59 bits per heavy atom. The molecule has 1 aromatic carbocycles. The molecule has 1 fully saturated rings. The third-order valence-electron chi connectivity index (χ3n) is 17.6. The van der Waals surface area contributed by atoms with E-state index in [1.165, 1.54) is 46.1 Å². The van der Waals surface area contributed by atoms with Gasteiger partial charge in [-0.15, -0.1) is 17.9 Å². The highest BCUT2D eigenvalue weighted by Crippen LogP contribution is 2.32. The van der Waals surface area contributed by atoms with E-state index in [1.807, 2.05) is 56.2 Å². The lowest BCUT2D eigenvalue weighted by molar-refractivity contribution is -0.147. The second-order valence-electron chi connectivity index (χ2n) is 26.2. The molecule has 3 rings (SSSR count). The molecule has 9 amide bonds. The van der Waals surface area contributed by atoms with Crippen LogP contribution in [0.15, 0.2) is 83.9 Å². The number of benzene rings is 1. The Hall–Kier alpha value is -7.27. The fourth-order valence-electron chi connectivity index (χ4n) is 11.8. The molecule has 97 heavy (non-hydrogen) atoms. The number of primary amides is 1. The van der Waals surface area contributed by atoms with Gasteiger partial charge >= 0.3 is 12.1 Å². The molecule has 12 N–H and O–H groups in total. The average Bonchev–Trinajstić information content (AvgIpc) is 1.80. The molecule has 1 aliphatic rings. The molecule has 11 atom stereocenters. The minimum Gasteiger partial charge on any atom is -0.493 e. The number of hydrogen-bond acceptors (Lipinski definition) is 19. The summed E-state index contributed by atoms with van der Waals surface area (Å²) in [6.45, 7) is 25.1. The van der Waals surface area contributed by atoms with Gasteiger partial charge in [0.05, 0.1) is 48.5 Å². The molecule has 26 nitrogen and oxygen atoms in total. The molecular weight excluding hydrogens is 1260 g/mol. The largest absolute Gasteiger partial charge is 0.493 e. The summed E-state index contributed by atoms with van der Waals surface area (Å²) in [5.41, 5.74) is 5.76. The van der Waals surface area contributed by atoms with Gasteiger partial charge in [0.1, 0.15) is 35.7 Å². The summed E-state index contributed by atoms with van der Waals surface area (Å²) in [4.78, 5) is 115. The van der Waals surface area contributed by atoms with Crippen molar-refractivity contribution in [1.29, 1.82) is 0 Å². The second-order valence-corrected chi connectivity index (χ2v) is 27.1. The number of aliphatic hydroxyl groups excluding tert-OH is 3. The smallest absolute Gasteiger partial charge is 0.408 e. The van der Waals surface area contributed by atoms with Gasteiger partial charge in [0.2, 0.25) is 41.3 Å². The van der Waals surface area contributed by atoms with Crippen LogP contribution in [0.3, 0.4) is 0 Å². The van der Waals surface area contributed by atoms with E-state index in [1.54, 1.807) is 77.2 Å². The first-order chi connectivity index (χ1) is 45.8. The molecule has 1 aromatic heterocycles. The van der Waals surface area contributed by atoms with Crippen molar-refractivity contribution < 1.29 is 67.9 Å². The number of amides is 9.